The van der Waals surface area contributed by atoms with Crippen LogP contribution in [0.1, 0.15) is 58.7 Å². The molecule has 1 saturated heterocycles. The van der Waals surface area contributed by atoms with Crippen LogP contribution in [0.15, 0.2) is 42.6 Å². The molecule has 2 aromatic carbocycles. The van der Waals surface area contributed by atoms with Crippen molar-refractivity contribution >= 4 is 39.4 Å². The van der Waals surface area contributed by atoms with Crippen LogP contribution < -0.4 is 5.32 Å². The van der Waals surface area contributed by atoms with E-state index in [1.54, 1.807) is 24.3 Å². The summed E-state index contributed by atoms with van der Waals surface area (Å²) in [4.78, 5) is 29.8. The van der Waals surface area contributed by atoms with Crippen LogP contribution in [-0.2, 0) is 29.0 Å². The highest BCUT2D eigenvalue weighted by Crippen LogP contribution is 2.32. The van der Waals surface area contributed by atoms with Gasteiger partial charge in [-0.25, -0.2) is 19.3 Å². The Morgan fingerprint density at radius 1 is 1.08 bits per heavy atom. The molecule has 0 bridgehead atoms. The van der Waals surface area contributed by atoms with Crippen molar-refractivity contribution in [2.45, 2.75) is 52.3 Å². The number of esters is 1. The van der Waals surface area contributed by atoms with Gasteiger partial charge in [0.15, 0.2) is 5.65 Å². The molecular weight excluding hydrogens is 472 g/mol. The molecule has 1 aliphatic heterocycles. The molecule has 2 aromatic heterocycles. The molecule has 0 amide bonds. The first kappa shape index (κ1) is 24.7. The lowest BCUT2D eigenvalue weighted by molar-refractivity contribution is 0.0474. The van der Waals surface area contributed by atoms with Gasteiger partial charge in [0, 0.05) is 31.4 Å². The molecule has 5 rings (SSSR count). The molecule has 37 heavy (non-hydrogen) atoms. The normalized spacial score (nSPS) is 14.2. The summed E-state index contributed by atoms with van der Waals surface area (Å²) in [5.74, 6) is -1.56. The molecule has 4 aromatic rings. The molecular formula is C28H30N4O5. The SMILES string of the molecule is CCc1nc2c(cnn2CC)c(NC2CCOCC2)c1COC(=O)c1ccc(C(=O)O)c2ccccc12. The third kappa shape index (κ3) is 4.74. The Balaban J connectivity index is 1.51. The van der Waals surface area contributed by atoms with Gasteiger partial charge in [0.2, 0.25) is 0 Å². The van der Waals surface area contributed by atoms with Gasteiger partial charge in [-0.05, 0) is 49.1 Å². The maximum absolute atomic E-state index is 13.3. The average Bonchev–Trinajstić information content (AvgIpc) is 3.34. The molecule has 0 unspecified atom stereocenters. The lowest BCUT2D eigenvalue weighted by Crippen LogP contribution is -2.28. The molecule has 1 aliphatic rings. The summed E-state index contributed by atoms with van der Waals surface area (Å²) < 4.78 is 13.3. The maximum Gasteiger partial charge on any atom is 0.339 e. The van der Waals surface area contributed by atoms with E-state index in [1.807, 2.05) is 24.7 Å². The van der Waals surface area contributed by atoms with Crippen LogP contribution in [0, 0.1) is 0 Å². The zero-order valence-electron chi connectivity index (χ0n) is 21.0. The number of aryl methyl sites for hydroxylation is 2. The molecule has 2 N–H and O–H groups in total. The van der Waals surface area contributed by atoms with Gasteiger partial charge in [-0.2, -0.15) is 5.10 Å². The van der Waals surface area contributed by atoms with Crippen LogP contribution in [0.5, 0.6) is 0 Å². The Kier molecular flexibility index (Phi) is 7.05. The number of anilines is 1. The molecule has 9 heteroatoms. The summed E-state index contributed by atoms with van der Waals surface area (Å²) >= 11 is 0. The topological polar surface area (TPSA) is 116 Å². The number of ether oxygens (including phenoxy) is 2. The van der Waals surface area contributed by atoms with Gasteiger partial charge in [-0.3, -0.25) is 0 Å². The lowest BCUT2D eigenvalue weighted by atomic mass is 9.99. The molecule has 0 spiro atoms. The predicted molar refractivity (Wildman–Crippen MR) is 140 cm³/mol. The van der Waals surface area contributed by atoms with Gasteiger partial charge in [0.1, 0.15) is 6.61 Å². The van der Waals surface area contributed by atoms with Crippen LogP contribution in [-0.4, -0.2) is 51.1 Å². The van der Waals surface area contributed by atoms with Crippen molar-refractivity contribution in [1.82, 2.24) is 14.8 Å². The van der Waals surface area contributed by atoms with Crippen molar-refractivity contribution in [3.8, 4) is 0 Å². The average molecular weight is 503 g/mol. The fraction of sp³-hybridized carbons (Fsp3) is 0.357. The summed E-state index contributed by atoms with van der Waals surface area (Å²) in [5, 5.41) is 19.7. The van der Waals surface area contributed by atoms with Gasteiger partial charge >= 0.3 is 11.9 Å². The number of benzene rings is 2. The minimum atomic E-state index is -1.04. The highest BCUT2D eigenvalue weighted by molar-refractivity contribution is 6.11. The Labute approximate surface area is 214 Å². The van der Waals surface area contributed by atoms with Crippen LogP contribution in [0.25, 0.3) is 21.8 Å². The Hall–Kier alpha value is -3.98. The summed E-state index contributed by atoms with van der Waals surface area (Å²) in [6.45, 7) is 6.19. The first-order valence-corrected chi connectivity index (χ1v) is 12.7. The third-order valence-electron chi connectivity index (χ3n) is 6.90. The number of carboxylic acids is 1. The third-order valence-corrected chi connectivity index (χ3v) is 6.90. The first-order chi connectivity index (χ1) is 18.0. The van der Waals surface area contributed by atoms with Gasteiger partial charge in [0.25, 0.3) is 0 Å². The second-order valence-electron chi connectivity index (χ2n) is 9.08. The number of fused-ring (bicyclic) bond motifs is 2. The fourth-order valence-electron chi connectivity index (χ4n) is 4.94. The number of rotatable bonds is 8. The molecule has 0 atom stereocenters. The number of hydrogen-bond acceptors (Lipinski definition) is 7. The fourth-order valence-corrected chi connectivity index (χ4v) is 4.94. The number of hydrogen-bond donors (Lipinski definition) is 2. The van der Waals surface area contributed by atoms with E-state index in [1.165, 1.54) is 12.1 Å². The van der Waals surface area contributed by atoms with E-state index in [4.69, 9.17) is 14.5 Å². The highest BCUT2D eigenvalue weighted by Gasteiger charge is 2.23. The standard InChI is InChI=1S/C28H30N4O5/c1-3-24-23(16-37-28(35)21-10-9-20(27(33)34)18-7-5-6-8-19(18)21)25(30-17-11-13-36-14-12-17)22-15-29-32(4-2)26(22)31-24/h5-10,15,17H,3-4,11-14,16H2,1-2H3,(H,30,31)(H,33,34). The number of nitrogens with one attached hydrogen (secondary N) is 1. The Morgan fingerprint density at radius 3 is 2.46 bits per heavy atom. The van der Waals surface area contributed by atoms with E-state index in [2.05, 4.69) is 10.4 Å². The summed E-state index contributed by atoms with van der Waals surface area (Å²) in [5.41, 5.74) is 3.84. The number of carbonyl (C=O) groups is 2. The minimum absolute atomic E-state index is 0.0306. The molecule has 0 aliphatic carbocycles. The van der Waals surface area contributed by atoms with Crippen LogP contribution in [0.4, 0.5) is 5.69 Å². The number of aromatic carboxylic acids is 1. The van der Waals surface area contributed by atoms with Crippen LogP contribution >= 0.6 is 0 Å². The Morgan fingerprint density at radius 2 is 1.78 bits per heavy atom. The van der Waals surface area contributed by atoms with Crippen LogP contribution in [0.3, 0.4) is 0 Å². The van der Waals surface area contributed by atoms with Crippen molar-refractivity contribution in [3.63, 3.8) is 0 Å². The molecule has 9 nitrogen and oxygen atoms in total. The number of pyridine rings is 1. The second kappa shape index (κ2) is 10.6. The molecule has 0 radical (unpaired) electrons. The lowest BCUT2D eigenvalue weighted by Gasteiger charge is -2.26. The Bertz CT molecular complexity index is 1470. The van der Waals surface area contributed by atoms with E-state index in [-0.39, 0.29) is 18.2 Å². The highest BCUT2D eigenvalue weighted by atomic mass is 16.5. The monoisotopic (exact) mass is 502 g/mol. The smallest absolute Gasteiger partial charge is 0.339 e. The van der Waals surface area contributed by atoms with Crippen molar-refractivity contribution < 1.29 is 24.2 Å². The van der Waals surface area contributed by atoms with Crippen molar-refractivity contribution in [3.05, 3.63) is 65.0 Å². The van der Waals surface area contributed by atoms with E-state index in [0.29, 0.717) is 42.5 Å². The number of nitrogens with zero attached hydrogens (tertiary/aromatic N) is 3. The zero-order chi connectivity index (χ0) is 25.9. The molecule has 3 heterocycles. The maximum atomic E-state index is 13.3. The van der Waals surface area contributed by atoms with Crippen molar-refractivity contribution in [2.75, 3.05) is 18.5 Å². The van der Waals surface area contributed by atoms with Gasteiger partial charge in [0.05, 0.1) is 34.1 Å². The minimum Gasteiger partial charge on any atom is -0.478 e. The summed E-state index contributed by atoms with van der Waals surface area (Å²) in [6, 6.07) is 10.2. The van der Waals surface area contributed by atoms with E-state index in [0.717, 1.165) is 40.8 Å². The largest absolute Gasteiger partial charge is 0.478 e. The zero-order valence-corrected chi connectivity index (χ0v) is 21.0. The van der Waals surface area contributed by atoms with E-state index in [9.17, 15) is 14.7 Å². The van der Waals surface area contributed by atoms with Gasteiger partial charge < -0.3 is 19.9 Å². The van der Waals surface area contributed by atoms with E-state index < -0.39 is 11.9 Å². The first-order valence-electron chi connectivity index (χ1n) is 12.7. The summed E-state index contributed by atoms with van der Waals surface area (Å²) in [7, 11) is 0. The van der Waals surface area contributed by atoms with Crippen molar-refractivity contribution in [2.24, 2.45) is 0 Å². The van der Waals surface area contributed by atoms with Crippen LogP contribution in [0.2, 0.25) is 0 Å². The van der Waals surface area contributed by atoms with Crippen molar-refractivity contribution in [1.29, 1.82) is 0 Å². The molecule has 0 saturated carbocycles. The molecule has 1 fully saturated rings. The number of aromatic nitrogens is 3. The quantitative estimate of drug-likeness (QED) is 0.330. The molecule has 192 valence electrons. The number of carbonyl (C=O) groups excluding carboxylic acids is 1. The van der Waals surface area contributed by atoms with E-state index >= 15 is 0 Å². The predicted octanol–water partition coefficient (Wildman–Crippen LogP) is 4.81. The summed E-state index contributed by atoms with van der Waals surface area (Å²) in [6.07, 6.45) is 4.25. The van der Waals surface area contributed by atoms with Gasteiger partial charge in [-0.1, -0.05) is 31.2 Å². The second-order valence-corrected chi connectivity index (χ2v) is 9.08. The number of carboxylic acid groups (broad SMARTS) is 1. The van der Waals surface area contributed by atoms with Gasteiger partial charge in [-0.15, -0.1) is 0 Å².